The van der Waals surface area contributed by atoms with Gasteiger partial charge in [-0.2, -0.15) is 0 Å². The fourth-order valence-corrected chi connectivity index (χ4v) is 2.15. The second-order valence-electron chi connectivity index (χ2n) is 5.85. The minimum absolute atomic E-state index is 0.0563. The van der Waals surface area contributed by atoms with Gasteiger partial charge in [-0.3, -0.25) is 4.79 Å². The van der Waals surface area contributed by atoms with Gasteiger partial charge in [0, 0.05) is 11.6 Å². The molecule has 0 heterocycles. The zero-order valence-corrected chi connectivity index (χ0v) is 11.6. The van der Waals surface area contributed by atoms with Gasteiger partial charge in [0.1, 0.15) is 0 Å². The number of hydrogen-bond donors (Lipinski definition) is 2. The van der Waals surface area contributed by atoms with Crippen molar-refractivity contribution in [1.29, 1.82) is 0 Å². The van der Waals surface area contributed by atoms with Crippen LogP contribution in [-0.2, 0) is 4.79 Å². The molecule has 0 radical (unpaired) electrons. The highest BCUT2D eigenvalue weighted by Crippen LogP contribution is 2.17. The average molecular weight is 240 g/mol. The molecule has 0 unspecified atom stereocenters. The molecule has 3 nitrogen and oxygen atoms in total. The Hall–Kier alpha value is -0.570. The van der Waals surface area contributed by atoms with E-state index in [0.29, 0.717) is 12.6 Å². The predicted octanol–water partition coefficient (Wildman–Crippen LogP) is 2.60. The summed E-state index contributed by atoms with van der Waals surface area (Å²) in [5, 5.41) is 6.46. The fraction of sp³-hybridized carbons (Fsp3) is 0.929. The molecule has 0 aromatic heterocycles. The topological polar surface area (TPSA) is 41.1 Å². The Kier molecular flexibility index (Phi) is 5.96. The minimum atomic E-state index is 0.0563. The first-order valence-corrected chi connectivity index (χ1v) is 7.08. The van der Waals surface area contributed by atoms with Gasteiger partial charge in [-0.1, -0.05) is 32.6 Å². The van der Waals surface area contributed by atoms with Crippen molar-refractivity contribution in [3.8, 4) is 0 Å². The number of amides is 1. The largest absolute Gasteiger partial charge is 0.352 e. The maximum Gasteiger partial charge on any atom is 0.234 e. The van der Waals surface area contributed by atoms with E-state index in [2.05, 4.69) is 31.4 Å². The lowest BCUT2D eigenvalue weighted by Crippen LogP contribution is -2.47. The number of carbonyl (C=O) groups excluding carboxylic acids is 1. The van der Waals surface area contributed by atoms with Gasteiger partial charge in [0.05, 0.1) is 6.54 Å². The summed E-state index contributed by atoms with van der Waals surface area (Å²) in [6.07, 6.45) is 8.52. The summed E-state index contributed by atoms with van der Waals surface area (Å²) in [5.74, 6) is 0.151. The second-order valence-corrected chi connectivity index (χ2v) is 5.85. The Bertz CT molecular complexity index is 230. The van der Waals surface area contributed by atoms with Crippen LogP contribution in [0.15, 0.2) is 0 Å². The summed E-state index contributed by atoms with van der Waals surface area (Å²) in [5.41, 5.74) is 0.0563. The summed E-state index contributed by atoms with van der Waals surface area (Å²) < 4.78 is 0. The van der Waals surface area contributed by atoms with Crippen molar-refractivity contribution in [3.63, 3.8) is 0 Å². The maximum absolute atomic E-state index is 11.8. The van der Waals surface area contributed by atoms with Crippen LogP contribution in [-0.4, -0.2) is 24.0 Å². The zero-order chi connectivity index (χ0) is 12.7. The van der Waals surface area contributed by atoms with Gasteiger partial charge in [-0.05, 0) is 33.1 Å². The Morgan fingerprint density at radius 3 is 2.29 bits per heavy atom. The zero-order valence-electron chi connectivity index (χ0n) is 11.6. The lowest BCUT2D eigenvalue weighted by Gasteiger charge is -2.25. The molecule has 1 amide bonds. The van der Waals surface area contributed by atoms with Crippen LogP contribution in [0.1, 0.15) is 65.7 Å². The number of carbonyl (C=O) groups is 1. The van der Waals surface area contributed by atoms with E-state index in [1.165, 1.54) is 25.7 Å². The van der Waals surface area contributed by atoms with Gasteiger partial charge >= 0.3 is 0 Å². The Labute approximate surface area is 106 Å². The molecule has 0 atom stereocenters. The monoisotopic (exact) mass is 240 g/mol. The van der Waals surface area contributed by atoms with Crippen molar-refractivity contribution >= 4 is 5.91 Å². The smallest absolute Gasteiger partial charge is 0.234 e. The molecule has 1 fully saturated rings. The second kappa shape index (κ2) is 7.00. The van der Waals surface area contributed by atoms with Crippen molar-refractivity contribution in [1.82, 2.24) is 10.6 Å². The molecule has 1 saturated carbocycles. The lowest BCUT2D eigenvalue weighted by molar-refractivity contribution is -0.121. The number of nitrogens with one attached hydrogen (secondary N) is 2. The van der Waals surface area contributed by atoms with Gasteiger partial charge in [0.15, 0.2) is 0 Å². The van der Waals surface area contributed by atoms with Crippen LogP contribution in [0.5, 0.6) is 0 Å². The van der Waals surface area contributed by atoms with E-state index in [-0.39, 0.29) is 11.4 Å². The third-order valence-electron chi connectivity index (χ3n) is 3.83. The van der Waals surface area contributed by atoms with Crippen LogP contribution in [0, 0.1) is 0 Å². The SMILES string of the molecule is CCC(C)(C)NCC(=O)NC1CCCCCC1. The number of hydrogen-bond acceptors (Lipinski definition) is 2. The molecule has 1 aliphatic rings. The quantitative estimate of drug-likeness (QED) is 0.725. The van der Waals surface area contributed by atoms with E-state index in [4.69, 9.17) is 0 Å². The van der Waals surface area contributed by atoms with Crippen LogP contribution in [0.4, 0.5) is 0 Å². The van der Waals surface area contributed by atoms with Crippen molar-refractivity contribution in [2.24, 2.45) is 0 Å². The lowest BCUT2D eigenvalue weighted by atomic mass is 10.0. The molecule has 1 rings (SSSR count). The Morgan fingerprint density at radius 2 is 1.76 bits per heavy atom. The highest BCUT2D eigenvalue weighted by atomic mass is 16.2. The van der Waals surface area contributed by atoms with Crippen molar-refractivity contribution in [3.05, 3.63) is 0 Å². The summed E-state index contributed by atoms with van der Waals surface area (Å²) in [4.78, 5) is 11.8. The van der Waals surface area contributed by atoms with E-state index in [0.717, 1.165) is 19.3 Å². The first-order chi connectivity index (χ1) is 8.03. The average Bonchev–Trinajstić information content (AvgIpc) is 2.55. The van der Waals surface area contributed by atoms with Crippen LogP contribution in [0.25, 0.3) is 0 Å². The molecular formula is C14H28N2O. The van der Waals surface area contributed by atoms with Crippen molar-refractivity contribution < 1.29 is 4.79 Å². The van der Waals surface area contributed by atoms with Crippen LogP contribution in [0.3, 0.4) is 0 Å². The molecule has 0 spiro atoms. The van der Waals surface area contributed by atoms with Crippen molar-refractivity contribution in [2.45, 2.75) is 77.3 Å². The normalized spacial score (nSPS) is 18.8. The summed E-state index contributed by atoms with van der Waals surface area (Å²) in [6.45, 7) is 6.84. The molecule has 0 bridgehead atoms. The van der Waals surface area contributed by atoms with Gasteiger partial charge in [-0.15, -0.1) is 0 Å². The van der Waals surface area contributed by atoms with Gasteiger partial charge in [-0.25, -0.2) is 0 Å². The molecular weight excluding hydrogens is 212 g/mol. The van der Waals surface area contributed by atoms with Gasteiger partial charge in [0.25, 0.3) is 0 Å². The van der Waals surface area contributed by atoms with Crippen LogP contribution < -0.4 is 10.6 Å². The first-order valence-electron chi connectivity index (χ1n) is 7.08. The fourth-order valence-electron chi connectivity index (χ4n) is 2.15. The number of rotatable bonds is 5. The van der Waals surface area contributed by atoms with Gasteiger partial charge < -0.3 is 10.6 Å². The Morgan fingerprint density at radius 1 is 1.18 bits per heavy atom. The summed E-state index contributed by atoms with van der Waals surface area (Å²) >= 11 is 0. The van der Waals surface area contributed by atoms with Crippen LogP contribution in [0.2, 0.25) is 0 Å². The van der Waals surface area contributed by atoms with Crippen molar-refractivity contribution in [2.75, 3.05) is 6.54 Å². The standard InChI is InChI=1S/C14H28N2O/c1-4-14(2,3)15-11-13(17)16-12-9-7-5-6-8-10-12/h12,15H,4-11H2,1-3H3,(H,16,17). The Balaban J connectivity index is 2.24. The van der Waals surface area contributed by atoms with Gasteiger partial charge in [0.2, 0.25) is 5.91 Å². The van der Waals surface area contributed by atoms with E-state index >= 15 is 0 Å². The molecule has 3 heteroatoms. The molecule has 17 heavy (non-hydrogen) atoms. The molecule has 0 saturated heterocycles. The third kappa shape index (κ3) is 6.06. The van der Waals surface area contributed by atoms with E-state index in [9.17, 15) is 4.79 Å². The summed E-state index contributed by atoms with van der Waals surface area (Å²) in [7, 11) is 0. The molecule has 1 aliphatic carbocycles. The third-order valence-corrected chi connectivity index (χ3v) is 3.83. The molecule has 0 aromatic carbocycles. The first kappa shape index (κ1) is 14.5. The van der Waals surface area contributed by atoms with E-state index < -0.39 is 0 Å². The highest BCUT2D eigenvalue weighted by molar-refractivity contribution is 5.78. The van der Waals surface area contributed by atoms with E-state index in [1.807, 2.05) is 0 Å². The minimum Gasteiger partial charge on any atom is -0.352 e. The predicted molar refractivity (Wildman–Crippen MR) is 72.0 cm³/mol. The maximum atomic E-state index is 11.8. The molecule has 100 valence electrons. The van der Waals surface area contributed by atoms with E-state index in [1.54, 1.807) is 0 Å². The highest BCUT2D eigenvalue weighted by Gasteiger charge is 2.18. The molecule has 0 aliphatic heterocycles. The van der Waals surface area contributed by atoms with Crippen LogP contribution >= 0.6 is 0 Å². The summed E-state index contributed by atoms with van der Waals surface area (Å²) in [6, 6.07) is 0.413. The molecule has 0 aromatic rings. The molecule has 2 N–H and O–H groups in total.